The summed E-state index contributed by atoms with van der Waals surface area (Å²) in [6.45, 7) is 7.76. The van der Waals surface area contributed by atoms with E-state index in [1.54, 1.807) is 0 Å². The zero-order valence-electron chi connectivity index (χ0n) is 11.3. The smallest absolute Gasteiger partial charge is 0.111 e. The predicted molar refractivity (Wildman–Crippen MR) is 76.0 cm³/mol. The summed E-state index contributed by atoms with van der Waals surface area (Å²) < 4.78 is 2.28. The van der Waals surface area contributed by atoms with E-state index in [4.69, 9.17) is 11.6 Å². The monoisotopic (exact) mass is 265 g/mol. The van der Waals surface area contributed by atoms with Gasteiger partial charge in [0, 0.05) is 25.0 Å². The van der Waals surface area contributed by atoms with Crippen molar-refractivity contribution in [2.24, 2.45) is 5.41 Å². The van der Waals surface area contributed by atoms with Gasteiger partial charge in [0.25, 0.3) is 0 Å². The van der Waals surface area contributed by atoms with Gasteiger partial charge in [0.05, 0.1) is 11.7 Å². The normalized spacial score (nSPS) is 12.2. The van der Waals surface area contributed by atoms with Gasteiger partial charge >= 0.3 is 0 Å². The Morgan fingerprint density at radius 3 is 2.78 bits per heavy atom. The van der Waals surface area contributed by atoms with Gasteiger partial charge in [-0.05, 0) is 17.9 Å². The Labute approximate surface area is 113 Å². The largest absolute Gasteiger partial charge is 0.328 e. The molecular weight excluding hydrogens is 246 g/mol. The molecule has 0 spiro atoms. The van der Waals surface area contributed by atoms with Crippen LogP contribution in [0.3, 0.4) is 0 Å². The van der Waals surface area contributed by atoms with E-state index < -0.39 is 0 Å². The third-order valence-electron chi connectivity index (χ3n) is 3.03. The molecule has 0 aliphatic rings. The van der Waals surface area contributed by atoms with Crippen LogP contribution in [0.2, 0.25) is 0 Å². The molecule has 2 heterocycles. The molecule has 2 rings (SSSR count). The number of hydrogen-bond acceptors (Lipinski definition) is 2. The van der Waals surface area contributed by atoms with Crippen molar-refractivity contribution in [1.82, 2.24) is 14.5 Å². The fourth-order valence-corrected chi connectivity index (χ4v) is 2.17. The minimum absolute atomic E-state index is 0.321. The Hall–Kier alpha value is -1.09. The molecule has 0 radical (unpaired) electrons. The number of imidazole rings is 1. The van der Waals surface area contributed by atoms with Crippen LogP contribution in [0, 0.1) is 5.41 Å². The number of aryl methyl sites for hydroxylation is 2. The molecule has 18 heavy (non-hydrogen) atoms. The van der Waals surface area contributed by atoms with Crippen LogP contribution in [0.4, 0.5) is 0 Å². The van der Waals surface area contributed by atoms with Gasteiger partial charge in [0.1, 0.15) is 11.3 Å². The van der Waals surface area contributed by atoms with Crippen LogP contribution in [0.25, 0.3) is 11.0 Å². The predicted octanol–water partition coefficient (Wildman–Crippen LogP) is 3.65. The van der Waals surface area contributed by atoms with Crippen molar-refractivity contribution in [2.45, 2.75) is 40.2 Å². The van der Waals surface area contributed by atoms with Crippen LogP contribution in [-0.4, -0.2) is 20.4 Å². The molecule has 0 atom stereocenters. The second kappa shape index (κ2) is 5.27. The van der Waals surface area contributed by atoms with Gasteiger partial charge in [-0.1, -0.05) is 20.8 Å². The van der Waals surface area contributed by atoms with Crippen LogP contribution < -0.4 is 0 Å². The number of alkyl halides is 1. The molecule has 0 amide bonds. The first-order chi connectivity index (χ1) is 8.51. The average molecular weight is 266 g/mol. The molecule has 0 fully saturated rings. The van der Waals surface area contributed by atoms with Gasteiger partial charge in [-0.3, -0.25) is 4.98 Å². The average Bonchev–Trinajstić information content (AvgIpc) is 2.63. The van der Waals surface area contributed by atoms with Crippen LogP contribution in [0.5, 0.6) is 0 Å². The van der Waals surface area contributed by atoms with Gasteiger partial charge in [0.15, 0.2) is 0 Å². The van der Waals surface area contributed by atoms with E-state index in [2.05, 4.69) is 35.3 Å². The van der Waals surface area contributed by atoms with Crippen LogP contribution in [-0.2, 0) is 13.0 Å². The minimum atomic E-state index is 0.321. The van der Waals surface area contributed by atoms with Gasteiger partial charge in [-0.15, -0.1) is 11.6 Å². The van der Waals surface area contributed by atoms with E-state index in [1.165, 1.54) is 0 Å². The number of nitrogens with zero attached hydrogens (tertiary/aromatic N) is 3. The number of pyridine rings is 1. The number of halogens is 1. The van der Waals surface area contributed by atoms with Gasteiger partial charge in [-0.2, -0.15) is 0 Å². The first-order valence-corrected chi connectivity index (χ1v) is 6.90. The Bertz CT molecular complexity index is 525. The zero-order valence-corrected chi connectivity index (χ0v) is 12.0. The number of fused-ring (bicyclic) bond motifs is 1. The lowest BCUT2D eigenvalue weighted by Crippen LogP contribution is -2.12. The highest BCUT2D eigenvalue weighted by atomic mass is 35.5. The Morgan fingerprint density at radius 1 is 1.33 bits per heavy atom. The summed E-state index contributed by atoms with van der Waals surface area (Å²) in [5, 5.41) is 0. The summed E-state index contributed by atoms with van der Waals surface area (Å²) in [5.74, 6) is 1.67. The van der Waals surface area contributed by atoms with Crippen LogP contribution >= 0.6 is 11.6 Å². The third kappa shape index (κ3) is 3.02. The molecule has 0 aliphatic carbocycles. The summed E-state index contributed by atoms with van der Waals surface area (Å²) in [6.07, 6.45) is 5.57. The maximum absolute atomic E-state index is 5.86. The highest BCUT2D eigenvalue weighted by Crippen LogP contribution is 2.23. The molecule has 0 aromatic carbocycles. The summed E-state index contributed by atoms with van der Waals surface area (Å²) >= 11 is 5.86. The lowest BCUT2D eigenvalue weighted by molar-refractivity contribution is 0.350. The Balaban J connectivity index is 2.35. The zero-order chi connectivity index (χ0) is 13.2. The number of hydrogen-bond donors (Lipinski definition) is 0. The van der Waals surface area contributed by atoms with E-state index in [-0.39, 0.29) is 0 Å². The summed E-state index contributed by atoms with van der Waals surface area (Å²) in [5.41, 5.74) is 2.45. The molecule has 0 saturated heterocycles. The van der Waals surface area contributed by atoms with Gasteiger partial charge in [0.2, 0.25) is 0 Å². The first kappa shape index (κ1) is 13.3. The van der Waals surface area contributed by atoms with Crippen LogP contribution in [0.15, 0.2) is 18.5 Å². The topological polar surface area (TPSA) is 30.7 Å². The van der Waals surface area contributed by atoms with Crippen molar-refractivity contribution < 1.29 is 0 Å². The maximum atomic E-state index is 5.86. The standard InChI is InChI=1S/C14H20ClN3/c1-14(2,3)6-9-18-12-5-8-16-10-11(12)17-13(18)4-7-15/h5,8,10H,4,6-7,9H2,1-3H3. The molecular formula is C14H20ClN3. The van der Waals surface area contributed by atoms with Crippen molar-refractivity contribution in [2.75, 3.05) is 5.88 Å². The van der Waals surface area contributed by atoms with Gasteiger partial charge < -0.3 is 4.57 Å². The van der Waals surface area contributed by atoms with Crippen molar-refractivity contribution in [3.63, 3.8) is 0 Å². The maximum Gasteiger partial charge on any atom is 0.111 e. The Morgan fingerprint density at radius 2 is 2.11 bits per heavy atom. The molecule has 0 aliphatic heterocycles. The SMILES string of the molecule is CC(C)(C)CCn1c(CCCl)nc2cnccc21. The molecule has 0 unspecified atom stereocenters. The molecule has 0 saturated carbocycles. The highest BCUT2D eigenvalue weighted by Gasteiger charge is 2.14. The van der Waals surface area contributed by atoms with E-state index in [1.807, 2.05) is 18.5 Å². The van der Waals surface area contributed by atoms with E-state index in [0.29, 0.717) is 11.3 Å². The fourth-order valence-electron chi connectivity index (χ4n) is 2.00. The summed E-state index contributed by atoms with van der Waals surface area (Å²) in [6, 6.07) is 2.03. The van der Waals surface area contributed by atoms with E-state index in [9.17, 15) is 0 Å². The summed E-state index contributed by atoms with van der Waals surface area (Å²) in [7, 11) is 0. The highest BCUT2D eigenvalue weighted by molar-refractivity contribution is 6.17. The molecule has 2 aromatic rings. The third-order valence-corrected chi connectivity index (χ3v) is 3.22. The fraction of sp³-hybridized carbons (Fsp3) is 0.571. The minimum Gasteiger partial charge on any atom is -0.328 e. The van der Waals surface area contributed by atoms with Gasteiger partial charge in [-0.25, -0.2) is 4.98 Å². The number of rotatable bonds is 4. The Kier molecular flexibility index (Phi) is 3.91. The van der Waals surface area contributed by atoms with Crippen LogP contribution in [0.1, 0.15) is 33.0 Å². The lowest BCUT2D eigenvalue weighted by atomic mass is 9.92. The first-order valence-electron chi connectivity index (χ1n) is 6.36. The second-order valence-electron chi connectivity index (χ2n) is 5.79. The summed E-state index contributed by atoms with van der Waals surface area (Å²) in [4.78, 5) is 8.75. The quantitative estimate of drug-likeness (QED) is 0.790. The molecule has 2 aromatic heterocycles. The molecule has 98 valence electrons. The molecule has 4 heteroatoms. The van der Waals surface area contributed by atoms with E-state index in [0.717, 1.165) is 36.2 Å². The number of aromatic nitrogens is 3. The second-order valence-corrected chi connectivity index (χ2v) is 6.17. The van der Waals surface area contributed by atoms with Crippen molar-refractivity contribution in [3.05, 3.63) is 24.3 Å². The molecule has 0 bridgehead atoms. The van der Waals surface area contributed by atoms with Crippen molar-refractivity contribution in [1.29, 1.82) is 0 Å². The molecule has 0 N–H and O–H groups in total. The lowest BCUT2D eigenvalue weighted by Gasteiger charge is -2.19. The van der Waals surface area contributed by atoms with Crippen molar-refractivity contribution >= 4 is 22.6 Å². The van der Waals surface area contributed by atoms with E-state index >= 15 is 0 Å². The van der Waals surface area contributed by atoms with Crippen molar-refractivity contribution in [3.8, 4) is 0 Å². The molecule has 3 nitrogen and oxygen atoms in total.